The first kappa shape index (κ1) is 26.6. The first-order valence-corrected chi connectivity index (χ1v) is 14.6. The van der Waals surface area contributed by atoms with Gasteiger partial charge in [-0.25, -0.2) is 0 Å². The lowest BCUT2D eigenvalue weighted by Gasteiger charge is -2.44. The van der Waals surface area contributed by atoms with Crippen molar-refractivity contribution in [2.24, 2.45) is 0 Å². The summed E-state index contributed by atoms with van der Waals surface area (Å²) in [7, 11) is 0. The van der Waals surface area contributed by atoms with Gasteiger partial charge < -0.3 is 10.2 Å². The van der Waals surface area contributed by atoms with Crippen LogP contribution in [0.5, 0.6) is 0 Å². The lowest BCUT2D eigenvalue weighted by atomic mass is 9.92. The molecule has 2 aliphatic rings. The van der Waals surface area contributed by atoms with Crippen LogP contribution in [0, 0.1) is 6.92 Å². The summed E-state index contributed by atoms with van der Waals surface area (Å²) in [5, 5.41) is 4.12. The van der Waals surface area contributed by atoms with E-state index in [1.165, 1.54) is 24.0 Å². The van der Waals surface area contributed by atoms with Crippen LogP contribution < -0.4 is 5.32 Å². The van der Waals surface area contributed by atoms with Gasteiger partial charge in [0.25, 0.3) is 11.8 Å². The van der Waals surface area contributed by atoms with Gasteiger partial charge in [-0.3, -0.25) is 9.59 Å². The van der Waals surface area contributed by atoms with Gasteiger partial charge in [-0.15, -0.1) is 11.8 Å². The number of nitrogens with one attached hydrogen (secondary N) is 1. The predicted octanol–water partition coefficient (Wildman–Crippen LogP) is 7.05. The van der Waals surface area contributed by atoms with Crippen molar-refractivity contribution in [2.75, 3.05) is 6.54 Å². The number of thioether (sulfide) groups is 1. The monoisotopic (exact) mass is 544 g/mol. The molecule has 1 aliphatic heterocycles. The topological polar surface area (TPSA) is 49.4 Å². The van der Waals surface area contributed by atoms with E-state index in [4.69, 9.17) is 11.6 Å². The molecule has 196 valence electrons. The van der Waals surface area contributed by atoms with Gasteiger partial charge in [-0.1, -0.05) is 73.0 Å². The summed E-state index contributed by atoms with van der Waals surface area (Å²) in [6, 6.07) is 23.8. The zero-order chi connectivity index (χ0) is 26.5. The lowest BCUT2D eigenvalue weighted by molar-refractivity contribution is -0.130. The highest BCUT2D eigenvalue weighted by Gasteiger charge is 2.40. The molecule has 1 aliphatic carbocycles. The van der Waals surface area contributed by atoms with Gasteiger partial charge in [-0.05, 0) is 78.8 Å². The summed E-state index contributed by atoms with van der Waals surface area (Å²) in [6.07, 6.45) is 7.35. The molecule has 2 atom stereocenters. The van der Waals surface area contributed by atoms with E-state index in [1.807, 2.05) is 60.7 Å². The van der Waals surface area contributed by atoms with Crippen LogP contribution in [0.25, 0.3) is 6.08 Å². The van der Waals surface area contributed by atoms with Gasteiger partial charge in [0.15, 0.2) is 0 Å². The van der Waals surface area contributed by atoms with Crippen molar-refractivity contribution < 1.29 is 9.59 Å². The standard InChI is InChI=1S/C32H33ClN2O2S/c1-22-6-2-3-7-26(22)21-35-28-8-4-5-9-29(28)38-30(32(35)37)20-24-10-14-25(15-11-24)31(36)34-19-18-23-12-16-27(33)17-13-23/h2-3,6-7,10-17,20,28-29H,4-5,8-9,18-19,21H2,1H3,(H,34,36)/b30-20+. The Labute approximate surface area is 234 Å². The maximum Gasteiger partial charge on any atom is 0.260 e. The molecule has 1 saturated heterocycles. The molecule has 2 fully saturated rings. The molecule has 6 heteroatoms. The molecule has 3 aromatic rings. The Morgan fingerprint density at radius 1 is 1.03 bits per heavy atom. The lowest BCUT2D eigenvalue weighted by Crippen LogP contribution is -2.50. The van der Waals surface area contributed by atoms with E-state index < -0.39 is 0 Å². The van der Waals surface area contributed by atoms with Gasteiger partial charge in [-0.2, -0.15) is 0 Å². The zero-order valence-corrected chi connectivity index (χ0v) is 23.2. The number of fused-ring (bicyclic) bond motifs is 1. The Kier molecular flexibility index (Phi) is 8.55. The fraction of sp³-hybridized carbons (Fsp3) is 0.312. The quantitative estimate of drug-likeness (QED) is 0.324. The van der Waals surface area contributed by atoms with Gasteiger partial charge >= 0.3 is 0 Å². The number of halogens is 1. The van der Waals surface area contributed by atoms with Gasteiger partial charge in [0, 0.05) is 35.0 Å². The molecule has 1 N–H and O–H groups in total. The number of aryl methyl sites for hydroxylation is 1. The number of carbonyl (C=O) groups excluding carboxylic acids is 2. The zero-order valence-electron chi connectivity index (χ0n) is 21.7. The second-order valence-electron chi connectivity index (χ2n) is 10.1. The van der Waals surface area contributed by atoms with Crippen LogP contribution in [-0.2, 0) is 17.8 Å². The van der Waals surface area contributed by atoms with E-state index in [-0.39, 0.29) is 17.9 Å². The van der Waals surface area contributed by atoms with Gasteiger partial charge in [0.05, 0.1) is 4.91 Å². The van der Waals surface area contributed by atoms with Crippen molar-refractivity contribution in [2.45, 2.75) is 56.9 Å². The van der Waals surface area contributed by atoms with Crippen LogP contribution in [0.2, 0.25) is 5.02 Å². The van der Waals surface area contributed by atoms with Crippen LogP contribution >= 0.6 is 23.4 Å². The smallest absolute Gasteiger partial charge is 0.260 e. The third-order valence-corrected chi connectivity index (χ3v) is 9.15. The van der Waals surface area contributed by atoms with Crippen molar-refractivity contribution in [1.82, 2.24) is 10.2 Å². The largest absolute Gasteiger partial charge is 0.352 e. The summed E-state index contributed by atoms with van der Waals surface area (Å²) in [5.74, 6) is 0.0150. The highest BCUT2D eigenvalue weighted by Crippen LogP contribution is 2.42. The Hall–Kier alpha value is -3.02. The van der Waals surface area contributed by atoms with E-state index >= 15 is 0 Å². The highest BCUT2D eigenvalue weighted by molar-refractivity contribution is 8.04. The third-order valence-electron chi connectivity index (χ3n) is 7.50. The molecule has 0 spiro atoms. The number of benzene rings is 3. The maximum atomic E-state index is 13.7. The number of nitrogens with zero attached hydrogens (tertiary/aromatic N) is 1. The molecule has 2 amide bonds. The van der Waals surface area contributed by atoms with E-state index in [0.717, 1.165) is 35.3 Å². The normalized spacial score (nSPS) is 20.3. The summed E-state index contributed by atoms with van der Waals surface area (Å²) in [5.41, 5.74) is 5.10. The number of rotatable bonds is 7. The maximum absolute atomic E-state index is 13.7. The molecule has 0 radical (unpaired) electrons. The second-order valence-corrected chi connectivity index (χ2v) is 11.8. The second kappa shape index (κ2) is 12.2. The predicted molar refractivity (Wildman–Crippen MR) is 157 cm³/mol. The minimum atomic E-state index is -0.101. The first-order chi connectivity index (χ1) is 18.5. The summed E-state index contributed by atoms with van der Waals surface area (Å²) >= 11 is 7.68. The van der Waals surface area contributed by atoms with Crippen molar-refractivity contribution >= 4 is 41.3 Å². The van der Waals surface area contributed by atoms with Crippen LogP contribution in [0.4, 0.5) is 0 Å². The minimum absolute atomic E-state index is 0.101. The molecule has 4 nitrogen and oxygen atoms in total. The van der Waals surface area contributed by atoms with Gasteiger partial charge in [0.2, 0.25) is 0 Å². The molecule has 5 rings (SSSR count). The summed E-state index contributed by atoms with van der Waals surface area (Å²) in [6.45, 7) is 3.32. The summed E-state index contributed by atoms with van der Waals surface area (Å²) < 4.78 is 0. The number of carbonyl (C=O) groups is 2. The van der Waals surface area contributed by atoms with Crippen molar-refractivity contribution in [3.63, 3.8) is 0 Å². The van der Waals surface area contributed by atoms with Crippen LogP contribution in [0.15, 0.2) is 77.7 Å². The van der Waals surface area contributed by atoms with Crippen LogP contribution in [0.1, 0.15) is 58.3 Å². The van der Waals surface area contributed by atoms with E-state index in [9.17, 15) is 9.59 Å². The Morgan fingerprint density at radius 3 is 2.53 bits per heavy atom. The van der Waals surface area contributed by atoms with Gasteiger partial charge in [0.1, 0.15) is 0 Å². The molecule has 1 heterocycles. The molecule has 3 aromatic carbocycles. The van der Waals surface area contributed by atoms with E-state index in [2.05, 4.69) is 35.3 Å². The molecular weight excluding hydrogens is 512 g/mol. The molecule has 0 bridgehead atoms. The number of hydrogen-bond donors (Lipinski definition) is 1. The number of hydrogen-bond acceptors (Lipinski definition) is 3. The van der Waals surface area contributed by atoms with Crippen molar-refractivity contribution in [3.05, 3.63) is 111 Å². The third kappa shape index (κ3) is 6.33. The minimum Gasteiger partial charge on any atom is -0.352 e. The number of amides is 2. The van der Waals surface area contributed by atoms with Crippen molar-refractivity contribution in [1.29, 1.82) is 0 Å². The van der Waals surface area contributed by atoms with Crippen LogP contribution in [0.3, 0.4) is 0 Å². The molecule has 1 saturated carbocycles. The summed E-state index contributed by atoms with van der Waals surface area (Å²) in [4.78, 5) is 29.2. The Morgan fingerprint density at radius 2 is 1.76 bits per heavy atom. The first-order valence-electron chi connectivity index (χ1n) is 13.3. The average molecular weight is 545 g/mol. The fourth-order valence-electron chi connectivity index (χ4n) is 5.29. The molecule has 2 unspecified atom stereocenters. The molecule has 38 heavy (non-hydrogen) atoms. The van der Waals surface area contributed by atoms with Crippen LogP contribution in [-0.4, -0.2) is 34.6 Å². The highest BCUT2D eigenvalue weighted by atomic mass is 35.5. The van der Waals surface area contributed by atoms with E-state index in [1.54, 1.807) is 11.8 Å². The Bertz CT molecular complexity index is 1320. The van der Waals surface area contributed by atoms with E-state index in [0.29, 0.717) is 28.9 Å². The fourth-order valence-corrected chi connectivity index (χ4v) is 6.89. The SMILES string of the molecule is Cc1ccccc1CN1C(=O)/C(=C\c2ccc(C(=O)NCCc3ccc(Cl)cc3)cc2)SC2CCCCC21. The van der Waals surface area contributed by atoms with Crippen molar-refractivity contribution in [3.8, 4) is 0 Å². The Balaban J connectivity index is 1.26. The molecule has 0 aromatic heterocycles. The average Bonchev–Trinajstić information content (AvgIpc) is 2.93. The molecular formula is C32H33ClN2O2S.